The number of carbonyl (C=O) groups excluding carboxylic acids is 1. The molecule has 1 aromatic heterocycles. The lowest BCUT2D eigenvalue weighted by molar-refractivity contribution is -0.139. The molecule has 1 N–H and O–H groups in total. The third kappa shape index (κ3) is 5.27. The molecule has 6 heteroatoms. The number of esters is 1. The summed E-state index contributed by atoms with van der Waals surface area (Å²) in [4.78, 5) is 18.0. The van der Waals surface area contributed by atoms with E-state index in [9.17, 15) is 9.90 Å². The van der Waals surface area contributed by atoms with Gasteiger partial charge >= 0.3 is 5.97 Å². The van der Waals surface area contributed by atoms with Gasteiger partial charge in [-0.25, -0.2) is 4.79 Å². The van der Waals surface area contributed by atoms with Crippen LogP contribution in [0.1, 0.15) is 6.92 Å². The standard InChI is InChI=1S/C29H28N2O4/c1-19(2)29(33)35-16-15-34-23-8-5-7-21(17-23)26-18-25(20-10-12-22(13-11-20)31(3)4)24-9-6-14-30-27(24)28(26)32/h5-14,17-18,32H,1,15-16H2,2-4H3. The summed E-state index contributed by atoms with van der Waals surface area (Å²) in [7, 11) is 4.01. The molecule has 35 heavy (non-hydrogen) atoms. The summed E-state index contributed by atoms with van der Waals surface area (Å²) in [5.74, 6) is 0.273. The minimum Gasteiger partial charge on any atom is -0.505 e. The van der Waals surface area contributed by atoms with E-state index in [-0.39, 0.29) is 19.0 Å². The zero-order valence-electron chi connectivity index (χ0n) is 20.1. The van der Waals surface area contributed by atoms with Crippen LogP contribution in [0.3, 0.4) is 0 Å². The van der Waals surface area contributed by atoms with Crippen LogP contribution < -0.4 is 9.64 Å². The molecule has 0 unspecified atom stereocenters. The molecule has 0 bridgehead atoms. The molecular formula is C29H28N2O4. The second kappa shape index (κ2) is 10.3. The van der Waals surface area contributed by atoms with E-state index in [2.05, 4.69) is 40.7 Å². The first kappa shape index (κ1) is 23.8. The van der Waals surface area contributed by atoms with Gasteiger partial charge < -0.3 is 19.5 Å². The summed E-state index contributed by atoms with van der Waals surface area (Å²) >= 11 is 0. The third-order valence-corrected chi connectivity index (χ3v) is 5.64. The number of hydrogen-bond donors (Lipinski definition) is 1. The van der Waals surface area contributed by atoms with Crippen LogP contribution in [0.25, 0.3) is 33.2 Å². The topological polar surface area (TPSA) is 71.9 Å². The first-order chi connectivity index (χ1) is 16.8. The molecule has 0 aliphatic carbocycles. The van der Waals surface area contributed by atoms with E-state index in [1.165, 1.54) is 0 Å². The van der Waals surface area contributed by atoms with Crippen LogP contribution >= 0.6 is 0 Å². The quantitative estimate of drug-likeness (QED) is 0.199. The van der Waals surface area contributed by atoms with Gasteiger partial charge in [0.1, 0.15) is 30.2 Å². The number of carbonyl (C=O) groups is 1. The van der Waals surface area contributed by atoms with Gasteiger partial charge in [0, 0.05) is 42.5 Å². The minimum absolute atomic E-state index is 0.113. The highest BCUT2D eigenvalue weighted by molar-refractivity contribution is 6.02. The molecule has 178 valence electrons. The number of ether oxygens (including phenoxy) is 2. The summed E-state index contributed by atoms with van der Waals surface area (Å²) in [6.45, 7) is 5.49. The molecule has 0 amide bonds. The number of pyridine rings is 1. The van der Waals surface area contributed by atoms with Crippen LogP contribution in [-0.4, -0.2) is 43.4 Å². The number of rotatable bonds is 8. The highest BCUT2D eigenvalue weighted by Gasteiger charge is 2.16. The van der Waals surface area contributed by atoms with Crippen molar-refractivity contribution in [3.05, 3.63) is 85.1 Å². The van der Waals surface area contributed by atoms with Crippen molar-refractivity contribution in [3.8, 4) is 33.8 Å². The predicted octanol–water partition coefficient (Wildman–Crippen LogP) is 5.84. The van der Waals surface area contributed by atoms with Gasteiger partial charge in [0.2, 0.25) is 0 Å². The second-order valence-corrected chi connectivity index (χ2v) is 8.45. The van der Waals surface area contributed by atoms with Crippen molar-refractivity contribution in [1.82, 2.24) is 4.98 Å². The minimum atomic E-state index is -0.443. The number of aromatic hydroxyl groups is 1. The molecule has 0 saturated heterocycles. The molecule has 0 saturated carbocycles. The Hall–Kier alpha value is -4.32. The zero-order valence-corrected chi connectivity index (χ0v) is 20.1. The van der Waals surface area contributed by atoms with Crippen molar-refractivity contribution < 1.29 is 19.4 Å². The van der Waals surface area contributed by atoms with E-state index >= 15 is 0 Å². The Bertz CT molecular complexity index is 1380. The fourth-order valence-electron chi connectivity index (χ4n) is 3.80. The Morgan fingerprint density at radius 1 is 0.971 bits per heavy atom. The van der Waals surface area contributed by atoms with Gasteiger partial charge in [0.15, 0.2) is 0 Å². The van der Waals surface area contributed by atoms with Gasteiger partial charge in [-0.2, -0.15) is 0 Å². The maximum Gasteiger partial charge on any atom is 0.333 e. The average molecular weight is 469 g/mol. The molecule has 4 aromatic rings. The van der Waals surface area contributed by atoms with Crippen molar-refractivity contribution in [3.63, 3.8) is 0 Å². The maximum absolute atomic E-state index is 11.5. The Balaban J connectivity index is 1.68. The molecule has 0 fully saturated rings. The van der Waals surface area contributed by atoms with E-state index in [1.807, 2.05) is 56.6 Å². The Labute approximate surface area is 205 Å². The lowest BCUT2D eigenvalue weighted by Crippen LogP contribution is -2.12. The number of benzene rings is 3. The van der Waals surface area contributed by atoms with Crippen LogP contribution in [0.2, 0.25) is 0 Å². The summed E-state index contributed by atoms with van der Waals surface area (Å²) in [6, 6.07) is 21.5. The van der Waals surface area contributed by atoms with E-state index in [0.29, 0.717) is 22.4 Å². The van der Waals surface area contributed by atoms with E-state index in [1.54, 1.807) is 13.1 Å². The summed E-state index contributed by atoms with van der Waals surface area (Å²) in [5, 5.41) is 12.0. The number of anilines is 1. The SMILES string of the molecule is C=C(C)C(=O)OCCOc1cccc(-c2cc(-c3ccc(N(C)C)cc3)c3cccnc3c2O)c1. The smallest absolute Gasteiger partial charge is 0.333 e. The van der Waals surface area contributed by atoms with Crippen LogP contribution in [0, 0.1) is 0 Å². The molecule has 4 rings (SSSR count). The van der Waals surface area contributed by atoms with E-state index in [4.69, 9.17) is 9.47 Å². The van der Waals surface area contributed by atoms with Gasteiger partial charge in [0.25, 0.3) is 0 Å². The van der Waals surface area contributed by atoms with Crippen LogP contribution in [-0.2, 0) is 9.53 Å². The zero-order chi connectivity index (χ0) is 24.9. The van der Waals surface area contributed by atoms with Crippen LogP contribution in [0.15, 0.2) is 85.1 Å². The van der Waals surface area contributed by atoms with Gasteiger partial charge in [-0.05, 0) is 60.0 Å². The van der Waals surface area contributed by atoms with E-state index in [0.717, 1.165) is 27.8 Å². The van der Waals surface area contributed by atoms with Crippen molar-refractivity contribution in [1.29, 1.82) is 0 Å². The predicted molar refractivity (Wildman–Crippen MR) is 140 cm³/mol. The summed E-state index contributed by atoms with van der Waals surface area (Å²) in [6.07, 6.45) is 1.68. The highest BCUT2D eigenvalue weighted by atomic mass is 16.6. The monoisotopic (exact) mass is 468 g/mol. The van der Waals surface area contributed by atoms with E-state index < -0.39 is 5.97 Å². The van der Waals surface area contributed by atoms with Crippen LogP contribution in [0.5, 0.6) is 11.5 Å². The fraction of sp³-hybridized carbons (Fsp3) is 0.172. The van der Waals surface area contributed by atoms with Crippen molar-refractivity contribution in [2.75, 3.05) is 32.2 Å². The highest BCUT2D eigenvalue weighted by Crippen LogP contribution is 2.41. The lowest BCUT2D eigenvalue weighted by Gasteiger charge is -2.16. The molecule has 1 heterocycles. The second-order valence-electron chi connectivity index (χ2n) is 8.45. The van der Waals surface area contributed by atoms with Gasteiger partial charge in [-0.3, -0.25) is 4.98 Å². The number of phenolic OH excluding ortho intramolecular Hbond substituents is 1. The lowest BCUT2D eigenvalue weighted by atomic mass is 9.93. The number of aromatic nitrogens is 1. The summed E-state index contributed by atoms with van der Waals surface area (Å²) in [5.41, 5.74) is 5.44. The Kier molecular flexibility index (Phi) is 7.01. The summed E-state index contributed by atoms with van der Waals surface area (Å²) < 4.78 is 10.8. The third-order valence-electron chi connectivity index (χ3n) is 5.64. The van der Waals surface area contributed by atoms with Gasteiger partial charge in [-0.15, -0.1) is 0 Å². The number of hydrogen-bond acceptors (Lipinski definition) is 6. The molecule has 0 radical (unpaired) electrons. The molecule has 6 nitrogen and oxygen atoms in total. The largest absolute Gasteiger partial charge is 0.505 e. The van der Waals surface area contributed by atoms with Crippen molar-refractivity contribution in [2.45, 2.75) is 6.92 Å². The Morgan fingerprint density at radius 3 is 2.46 bits per heavy atom. The molecule has 0 spiro atoms. The first-order valence-electron chi connectivity index (χ1n) is 11.3. The maximum atomic E-state index is 11.5. The van der Waals surface area contributed by atoms with Crippen molar-refractivity contribution >= 4 is 22.6 Å². The molecule has 3 aromatic carbocycles. The molecule has 0 aliphatic rings. The van der Waals surface area contributed by atoms with Gasteiger partial charge in [0.05, 0.1) is 0 Å². The van der Waals surface area contributed by atoms with Crippen molar-refractivity contribution in [2.24, 2.45) is 0 Å². The first-order valence-corrected chi connectivity index (χ1v) is 11.3. The number of phenols is 1. The molecule has 0 aliphatic heterocycles. The fourth-order valence-corrected chi connectivity index (χ4v) is 3.80. The average Bonchev–Trinajstić information content (AvgIpc) is 2.87. The molecule has 0 atom stereocenters. The Morgan fingerprint density at radius 2 is 1.74 bits per heavy atom. The number of nitrogens with zero attached hydrogens (tertiary/aromatic N) is 2. The number of fused-ring (bicyclic) bond motifs is 1. The van der Waals surface area contributed by atoms with Gasteiger partial charge in [-0.1, -0.05) is 36.9 Å². The molecular weight excluding hydrogens is 440 g/mol. The van der Waals surface area contributed by atoms with Crippen LogP contribution in [0.4, 0.5) is 5.69 Å². The normalized spacial score (nSPS) is 10.7.